The zero-order chi connectivity index (χ0) is 95.7. The molecule has 0 fully saturated rings. The summed E-state index contributed by atoms with van der Waals surface area (Å²) in [6, 6.07) is 52.8. The highest BCUT2D eigenvalue weighted by molar-refractivity contribution is 6.14. The molecule has 123 heavy (non-hydrogen) atoms. The molecule has 0 aliphatic carbocycles. The van der Waals surface area contributed by atoms with Crippen LogP contribution in [0.1, 0.15) is 160 Å². The number of rotatable bonds is 7. The van der Waals surface area contributed by atoms with Crippen LogP contribution in [0.25, 0.3) is 167 Å². The molecule has 0 saturated carbocycles. The molecule has 1 atom stereocenters. The molecule has 0 radical (unpaired) electrons. The molecule has 0 saturated heterocycles. The van der Waals surface area contributed by atoms with E-state index in [1.807, 2.05) is 170 Å². The van der Waals surface area contributed by atoms with E-state index in [1.54, 1.807) is 36.8 Å². The lowest BCUT2D eigenvalue weighted by molar-refractivity contribution is -0.660. The van der Waals surface area contributed by atoms with Crippen LogP contribution in [0, 0.1) is 118 Å². The van der Waals surface area contributed by atoms with E-state index in [-0.39, 0.29) is 0 Å². The average molecular weight is 1640 g/mol. The van der Waals surface area contributed by atoms with Crippen molar-refractivity contribution in [1.82, 2.24) is 24.9 Å². The van der Waals surface area contributed by atoms with Crippen molar-refractivity contribution in [2.45, 2.75) is 157 Å². The first-order chi connectivity index (χ1) is 62.6. The maximum atomic E-state index is 8.47. The maximum Gasteiger partial charge on any atom is 0.227 e. The van der Waals surface area contributed by atoms with Crippen molar-refractivity contribution in [1.29, 1.82) is 0 Å². The molecule has 15 heteroatoms. The van der Waals surface area contributed by atoms with Gasteiger partial charge in [0.2, 0.25) is 57.0 Å². The molecule has 20 aromatic rings. The summed E-state index contributed by atoms with van der Waals surface area (Å²) >= 11 is 0. The fraction of sp³-hybridized carbons (Fsp3) is 0.259. The minimum absolute atomic E-state index is 0.315. The van der Waals surface area contributed by atoms with Gasteiger partial charge in [-0.25, -0.2) is 47.8 Å². The van der Waals surface area contributed by atoms with Gasteiger partial charge in [-0.15, -0.1) is 0 Å². The first-order valence-electron chi connectivity index (χ1n) is 46.6. The molecule has 0 amide bonds. The van der Waals surface area contributed by atoms with Crippen molar-refractivity contribution < 1.29 is 58.6 Å². The number of aromatic nitrogens is 10. The van der Waals surface area contributed by atoms with Crippen molar-refractivity contribution >= 4 is 110 Å². The average Bonchev–Trinajstić information content (AvgIpc) is 1.39. The lowest BCUT2D eigenvalue weighted by atomic mass is 9.95. The van der Waals surface area contributed by atoms with Gasteiger partial charge >= 0.3 is 0 Å². The van der Waals surface area contributed by atoms with Crippen LogP contribution in [-0.4, -0.2) is 24.9 Å². The number of hydrogen-bond donors (Lipinski definition) is 0. The molecule has 15 heterocycles. The minimum Gasteiger partial charge on any atom is -0.437 e. The van der Waals surface area contributed by atoms with E-state index in [0.29, 0.717) is 45.3 Å². The van der Waals surface area contributed by atoms with E-state index in [9.17, 15) is 0 Å². The summed E-state index contributed by atoms with van der Waals surface area (Å²) in [5, 5.41) is 10.4. The van der Waals surface area contributed by atoms with Crippen molar-refractivity contribution in [3.05, 3.63) is 295 Å². The van der Waals surface area contributed by atoms with E-state index in [4.69, 9.17) is 35.8 Å². The first-order valence-corrected chi connectivity index (χ1v) is 41.6. The van der Waals surface area contributed by atoms with Crippen molar-refractivity contribution in [2.75, 3.05) is 0 Å². The molecule has 5 aromatic carbocycles. The van der Waals surface area contributed by atoms with Crippen molar-refractivity contribution in [3.63, 3.8) is 0 Å². The van der Waals surface area contributed by atoms with E-state index >= 15 is 0 Å². The van der Waals surface area contributed by atoms with E-state index in [2.05, 4.69) is 183 Å². The van der Waals surface area contributed by atoms with Gasteiger partial charge < -0.3 is 22.1 Å². The van der Waals surface area contributed by atoms with Crippen molar-refractivity contribution in [2.24, 2.45) is 35.2 Å². The maximum absolute atomic E-state index is 8.47. The summed E-state index contributed by atoms with van der Waals surface area (Å²) in [4.78, 5) is 22.7. The van der Waals surface area contributed by atoms with Crippen LogP contribution >= 0.6 is 0 Å². The minimum atomic E-state index is -2.44. The zero-order valence-corrected chi connectivity index (χ0v) is 74.5. The molecule has 618 valence electrons. The Balaban J connectivity index is 0.000000121. The highest BCUT2D eigenvalue weighted by atomic mass is 16.4. The number of pyridine rings is 10. The number of hydrogen-bond acceptors (Lipinski definition) is 10. The van der Waals surface area contributed by atoms with Gasteiger partial charge in [-0.3, -0.25) is 0 Å². The molecule has 1 unspecified atom stereocenters. The lowest BCUT2D eigenvalue weighted by Crippen LogP contribution is -2.31. The molecule has 15 aromatic heterocycles. The van der Waals surface area contributed by atoms with Gasteiger partial charge in [0.15, 0.2) is 58.9 Å². The SMILES string of the molecule is Cc1ccc2c(n1)oc1c(-c3cc(C(C)C)cc[n+]3C)c(C)cc(C)c12.Cc1ccc2c(n1)oc1c(-c3cc(C)c(C)c[n+]3C)c(C)cc(C)c12.[2H]C([2H])([2H])C([2H])(C)c1cc[n+](C)c(-c2c(C)ccc3c2oc2nc(C)ccc23)c1.[2H]C([2H])([2H])c1c[n+](C)c(-c2c(C)ccc3c2oc2nc(C)ccc23)cc1C.[2H]C([2H])([2H])c1ccc(-c2c(C)ccc3c2oc2nc(C)ccc23)[n+](C)c1. The van der Waals surface area contributed by atoms with Crippen molar-refractivity contribution in [3.8, 4) is 56.3 Å². The predicted molar refractivity (Wildman–Crippen MR) is 499 cm³/mol. The highest BCUT2D eigenvalue weighted by Crippen LogP contribution is 2.44. The molecule has 0 N–H and O–H groups in total. The summed E-state index contributed by atoms with van der Waals surface area (Å²) in [6.45, 7) is 29.8. The molecule has 0 aliphatic rings. The Bertz CT molecular complexity index is 8120. The van der Waals surface area contributed by atoms with Gasteiger partial charge in [-0.1, -0.05) is 76.2 Å². The third kappa shape index (κ3) is 15.6. The van der Waals surface area contributed by atoms with E-state index < -0.39 is 26.4 Å². The second-order valence-corrected chi connectivity index (χ2v) is 33.7. The monoisotopic (exact) mass is 1640 g/mol. The highest BCUT2D eigenvalue weighted by Gasteiger charge is 2.30. The Labute approximate surface area is 733 Å². The van der Waals surface area contributed by atoms with Gasteiger partial charge in [0.05, 0.1) is 27.8 Å². The molecular weight excluding hydrogens is 1520 g/mol. The lowest BCUT2D eigenvalue weighted by Gasteiger charge is -2.10. The van der Waals surface area contributed by atoms with Gasteiger partial charge in [-0.2, -0.15) is 0 Å². The summed E-state index contributed by atoms with van der Waals surface area (Å²) in [5.74, 6) is -1.24. The van der Waals surface area contributed by atoms with Gasteiger partial charge in [-0.05, 0) is 257 Å². The zero-order valence-electron chi connectivity index (χ0n) is 84.5. The van der Waals surface area contributed by atoms with E-state index in [0.717, 1.165) is 172 Å². The Morgan fingerprint density at radius 2 is 0.610 bits per heavy atom. The topological polar surface area (TPSA) is 150 Å². The number of fused-ring (bicyclic) bond motifs is 15. The third-order valence-electron chi connectivity index (χ3n) is 23.9. The Morgan fingerprint density at radius 1 is 0.276 bits per heavy atom. The van der Waals surface area contributed by atoms with Crippen LogP contribution in [0.5, 0.6) is 0 Å². The smallest absolute Gasteiger partial charge is 0.227 e. The summed E-state index contributed by atoms with van der Waals surface area (Å²) in [6.07, 6.45) is 9.47. The second-order valence-electron chi connectivity index (χ2n) is 33.7. The molecular formula is C108H111N10O5+5. The molecule has 20 rings (SSSR count). The van der Waals surface area contributed by atoms with Crippen LogP contribution in [0.2, 0.25) is 0 Å². The number of benzene rings is 5. The Kier molecular flexibility index (Phi) is 19.1. The van der Waals surface area contributed by atoms with Crippen LogP contribution in [0.4, 0.5) is 0 Å². The Morgan fingerprint density at radius 3 is 1.00 bits per heavy atom. The van der Waals surface area contributed by atoms with Crippen LogP contribution in [0.3, 0.4) is 0 Å². The molecule has 0 spiro atoms. The quantitative estimate of drug-likeness (QED) is 0.141. The van der Waals surface area contributed by atoms with Gasteiger partial charge in [0.1, 0.15) is 35.2 Å². The molecule has 0 bridgehead atoms. The fourth-order valence-electron chi connectivity index (χ4n) is 17.1. The molecule has 15 nitrogen and oxygen atoms in total. The Hall–Kier alpha value is -13.4. The first kappa shape index (κ1) is 71.3. The number of nitrogens with zero attached hydrogens (tertiary/aromatic N) is 10. The summed E-state index contributed by atoms with van der Waals surface area (Å²) in [5.41, 5.74) is 35.9. The third-order valence-corrected chi connectivity index (χ3v) is 23.9. The molecule has 0 aliphatic heterocycles. The fourth-order valence-corrected chi connectivity index (χ4v) is 17.1. The van der Waals surface area contributed by atoms with Crippen LogP contribution in [0.15, 0.2) is 211 Å². The van der Waals surface area contributed by atoms with E-state index in [1.165, 1.54) is 68.0 Å². The number of furan rings is 5. The number of aryl methyl sites for hydroxylation is 22. The largest absolute Gasteiger partial charge is 0.437 e. The standard InChI is InChI=1S/C23H25N2O.2C22H23N2O.C21H21N2O.C20H19N2O/c1-13(2)17-9-10-25(6)19(12-17)21-15(4)11-14(3)20-18-8-7-16(5)24-23(18)26-22(20)21;1-12-10-18(24(6)11-15(12)4)20-14(3)9-13(2)19-17-8-7-16(5)23-22(17)25-21(19)20;1-13(2)16-10-11-24(5)19(12-16)20-14(3)6-8-17-18-9-7-15(4)23-22(18)25-21(17)20;1-12-6-8-16-17-9-7-15(4)22-21(17)24-20(16)19(12)18-10-13(2)14(3)11-23(18)5;1-12-5-10-17(22(4)11-12)18-13(2)6-8-15-16-9-7-14(3)21-20(16)23-19(15)18/h7-13H,1-6H3;7-11H,1-6H3;6-13H,1-5H3;6-11H,1-5H3;5-11H,1-4H3/q5*+1/i;;1D3,13D;3D3;1D3. The normalized spacial score (nSPS) is 13.6. The van der Waals surface area contributed by atoms with Crippen LogP contribution < -0.4 is 22.8 Å². The predicted octanol–water partition coefficient (Wildman–Crippen LogP) is 24.9. The van der Waals surface area contributed by atoms with Crippen LogP contribution in [-0.2, 0) is 35.2 Å². The van der Waals surface area contributed by atoms with Gasteiger partial charge in [0, 0.05) is 155 Å². The van der Waals surface area contributed by atoms with Gasteiger partial charge in [0.25, 0.3) is 0 Å². The second kappa shape index (κ2) is 32.9. The summed E-state index contributed by atoms with van der Waals surface area (Å²) in [7, 11) is 9.81. The summed E-state index contributed by atoms with van der Waals surface area (Å²) < 4.78 is 119.